The highest BCUT2D eigenvalue weighted by Gasteiger charge is 2.14. The van der Waals surface area contributed by atoms with Crippen molar-refractivity contribution in [3.05, 3.63) is 0 Å². The molecule has 0 unspecified atom stereocenters. The normalized spacial score (nSPS) is 11.5. The zero-order valence-corrected chi connectivity index (χ0v) is 7.99. The van der Waals surface area contributed by atoms with Crippen molar-refractivity contribution in [1.29, 1.82) is 0 Å². The van der Waals surface area contributed by atoms with Crippen LogP contribution in [-0.2, 0) is 4.79 Å². The van der Waals surface area contributed by atoms with Crippen molar-refractivity contribution in [2.75, 3.05) is 0 Å². The number of alkyl halides is 1. The van der Waals surface area contributed by atoms with Gasteiger partial charge in [-0.1, -0.05) is 36.4 Å². The number of thiol groups is 1. The summed E-state index contributed by atoms with van der Waals surface area (Å²) in [5.74, 6) is 0. The summed E-state index contributed by atoms with van der Waals surface area (Å²) >= 11 is 5.87. The molecule has 0 saturated heterocycles. The summed E-state index contributed by atoms with van der Waals surface area (Å²) in [6.07, 6.45) is 0.538. The lowest BCUT2D eigenvalue weighted by Crippen LogP contribution is -2.12. The summed E-state index contributed by atoms with van der Waals surface area (Å²) in [5.41, 5.74) is 0. The number of carbonyl (C=O) groups is 1. The van der Waals surface area contributed by atoms with E-state index in [1.54, 1.807) is 0 Å². The molecule has 0 bridgehead atoms. The fourth-order valence-corrected chi connectivity index (χ4v) is 1.40. The van der Waals surface area contributed by atoms with Crippen LogP contribution in [0.3, 0.4) is 0 Å². The fraction of sp³-hybridized carbons (Fsp3) is 0.800. The van der Waals surface area contributed by atoms with Crippen molar-refractivity contribution in [1.82, 2.24) is 0 Å². The summed E-state index contributed by atoms with van der Waals surface area (Å²) < 4.78 is 0.0661. The van der Waals surface area contributed by atoms with E-state index in [1.807, 2.05) is 13.8 Å². The van der Waals surface area contributed by atoms with E-state index in [1.165, 1.54) is 0 Å². The summed E-state index contributed by atoms with van der Waals surface area (Å²) in [4.78, 5) is 10.3. The number of hydrogen-bond acceptors (Lipinski definition) is 1. The Morgan fingerprint density at radius 1 is 1.75 bits per heavy atom. The van der Waals surface area contributed by atoms with E-state index in [-0.39, 0.29) is 8.54 Å². The Labute approximate surface area is 68.8 Å². The van der Waals surface area contributed by atoms with E-state index >= 15 is 0 Å². The average molecular weight is 244 g/mol. The Hall–Kier alpha value is 0.750. The van der Waals surface area contributed by atoms with E-state index < -0.39 is 0 Å². The third kappa shape index (κ3) is 6.75. The van der Waals surface area contributed by atoms with Gasteiger partial charge in [-0.15, -0.1) is 12.6 Å². The zero-order chi connectivity index (χ0) is 6.78. The van der Waals surface area contributed by atoms with Crippen LogP contribution in [-0.4, -0.2) is 8.54 Å². The number of rotatable bonds is 2. The van der Waals surface area contributed by atoms with Gasteiger partial charge in [0.25, 0.3) is 0 Å². The SMILES string of the molecule is CC(C)(I)CC(=O)S. The van der Waals surface area contributed by atoms with E-state index in [2.05, 4.69) is 35.2 Å². The van der Waals surface area contributed by atoms with Crippen LogP contribution in [0.15, 0.2) is 0 Å². The van der Waals surface area contributed by atoms with Crippen LogP contribution in [0, 0.1) is 0 Å². The van der Waals surface area contributed by atoms with E-state index in [0.29, 0.717) is 6.42 Å². The molecule has 0 N–H and O–H groups in total. The first-order chi connectivity index (χ1) is 3.42. The Kier molecular flexibility index (Phi) is 3.34. The Balaban J connectivity index is 3.55. The molecule has 0 aromatic rings. The first-order valence-electron chi connectivity index (χ1n) is 2.32. The first-order valence-corrected chi connectivity index (χ1v) is 3.85. The van der Waals surface area contributed by atoms with Crippen molar-refractivity contribution < 1.29 is 4.79 Å². The third-order valence-electron chi connectivity index (χ3n) is 0.572. The second-order valence-corrected chi connectivity index (χ2v) is 5.71. The molecule has 0 aliphatic carbocycles. The smallest absolute Gasteiger partial charge is 0.187 e. The van der Waals surface area contributed by atoms with Gasteiger partial charge in [0.15, 0.2) is 5.12 Å². The van der Waals surface area contributed by atoms with Crippen molar-refractivity contribution >= 4 is 40.3 Å². The first kappa shape index (κ1) is 8.75. The molecule has 0 spiro atoms. The van der Waals surface area contributed by atoms with Crippen LogP contribution in [0.5, 0.6) is 0 Å². The van der Waals surface area contributed by atoms with Gasteiger partial charge >= 0.3 is 0 Å². The number of carbonyl (C=O) groups excluding carboxylic acids is 1. The summed E-state index contributed by atoms with van der Waals surface area (Å²) in [6, 6.07) is 0. The van der Waals surface area contributed by atoms with Crippen LogP contribution in [0.1, 0.15) is 20.3 Å². The van der Waals surface area contributed by atoms with Gasteiger partial charge in [0, 0.05) is 9.84 Å². The van der Waals surface area contributed by atoms with Gasteiger partial charge in [-0.3, -0.25) is 4.79 Å². The van der Waals surface area contributed by atoms with Gasteiger partial charge in [-0.25, -0.2) is 0 Å². The lowest BCUT2D eigenvalue weighted by atomic mass is 10.2. The molecule has 0 heterocycles. The molecule has 1 nitrogen and oxygen atoms in total. The minimum Gasteiger partial charge on any atom is -0.287 e. The fourth-order valence-electron chi connectivity index (χ4n) is 0.360. The van der Waals surface area contributed by atoms with Crippen molar-refractivity contribution in [3.63, 3.8) is 0 Å². The Bertz CT molecular complexity index is 95.1. The maximum atomic E-state index is 10.3. The Morgan fingerprint density at radius 2 is 2.12 bits per heavy atom. The standard InChI is InChI=1S/C5H9IOS/c1-5(2,6)3-4(7)8/h3H2,1-2H3,(H,7,8). The molecule has 8 heavy (non-hydrogen) atoms. The molecule has 0 radical (unpaired) electrons. The van der Waals surface area contributed by atoms with Gasteiger partial charge in [0.2, 0.25) is 0 Å². The van der Waals surface area contributed by atoms with Crippen LogP contribution in [0.25, 0.3) is 0 Å². The lowest BCUT2D eigenvalue weighted by molar-refractivity contribution is -0.111. The molecule has 0 fully saturated rings. The number of halogens is 1. The highest BCUT2D eigenvalue weighted by atomic mass is 127. The van der Waals surface area contributed by atoms with Gasteiger partial charge in [-0.2, -0.15) is 0 Å². The molecule has 0 atom stereocenters. The molecular weight excluding hydrogens is 235 g/mol. The largest absolute Gasteiger partial charge is 0.287 e. The lowest BCUT2D eigenvalue weighted by Gasteiger charge is -2.11. The van der Waals surface area contributed by atoms with Crippen LogP contribution >= 0.6 is 35.2 Å². The van der Waals surface area contributed by atoms with E-state index in [0.717, 1.165) is 0 Å². The van der Waals surface area contributed by atoms with Gasteiger partial charge in [0.1, 0.15) is 0 Å². The van der Waals surface area contributed by atoms with Gasteiger partial charge in [-0.05, 0) is 0 Å². The Morgan fingerprint density at radius 3 is 2.12 bits per heavy atom. The summed E-state index contributed by atoms with van der Waals surface area (Å²) in [7, 11) is 0. The summed E-state index contributed by atoms with van der Waals surface area (Å²) in [5, 5.41) is -0.0376. The molecule has 48 valence electrons. The van der Waals surface area contributed by atoms with Crippen LogP contribution in [0.2, 0.25) is 0 Å². The predicted molar refractivity (Wildman–Crippen MR) is 46.7 cm³/mol. The van der Waals surface area contributed by atoms with Crippen molar-refractivity contribution in [2.45, 2.75) is 23.7 Å². The van der Waals surface area contributed by atoms with Gasteiger partial charge in [0.05, 0.1) is 0 Å². The molecule has 0 rings (SSSR count). The monoisotopic (exact) mass is 244 g/mol. The minimum atomic E-state index is -0.0376. The second kappa shape index (κ2) is 3.06. The van der Waals surface area contributed by atoms with Crippen molar-refractivity contribution in [2.24, 2.45) is 0 Å². The topological polar surface area (TPSA) is 17.1 Å². The maximum absolute atomic E-state index is 10.3. The van der Waals surface area contributed by atoms with Crippen LogP contribution < -0.4 is 0 Å². The quantitative estimate of drug-likeness (QED) is 0.447. The summed E-state index contributed by atoms with van der Waals surface area (Å²) in [6.45, 7) is 4.00. The second-order valence-electron chi connectivity index (χ2n) is 2.29. The highest BCUT2D eigenvalue weighted by Crippen LogP contribution is 2.21. The minimum absolute atomic E-state index is 0.0376. The third-order valence-corrected chi connectivity index (χ3v) is 1.11. The maximum Gasteiger partial charge on any atom is 0.187 e. The average Bonchev–Trinajstić information content (AvgIpc) is 1.21. The molecule has 3 heteroatoms. The molecule has 0 aromatic carbocycles. The van der Waals surface area contributed by atoms with E-state index in [4.69, 9.17) is 0 Å². The van der Waals surface area contributed by atoms with Crippen LogP contribution in [0.4, 0.5) is 0 Å². The molecule has 0 aliphatic rings. The van der Waals surface area contributed by atoms with Gasteiger partial charge < -0.3 is 0 Å². The molecular formula is C5H9IOS. The number of hydrogen-bond donors (Lipinski definition) is 1. The van der Waals surface area contributed by atoms with Crippen molar-refractivity contribution in [3.8, 4) is 0 Å². The predicted octanol–water partition coefficient (Wildman–Crippen LogP) is 2.05. The van der Waals surface area contributed by atoms with E-state index in [9.17, 15) is 4.79 Å². The highest BCUT2D eigenvalue weighted by molar-refractivity contribution is 14.1. The molecule has 0 saturated carbocycles. The zero-order valence-electron chi connectivity index (χ0n) is 4.94. The molecule has 0 aliphatic heterocycles. The molecule has 0 aromatic heterocycles. The molecule has 0 amide bonds.